The van der Waals surface area contributed by atoms with Crippen molar-refractivity contribution in [2.75, 3.05) is 19.8 Å². The summed E-state index contributed by atoms with van der Waals surface area (Å²) in [5.41, 5.74) is 0.429. The Labute approximate surface area is 118 Å². The lowest BCUT2D eigenvalue weighted by atomic mass is 10.0. The molecule has 1 aromatic rings. The lowest BCUT2D eigenvalue weighted by molar-refractivity contribution is -0.123. The first-order valence-electron chi connectivity index (χ1n) is 6.71. The molecule has 1 fully saturated rings. The van der Waals surface area contributed by atoms with Crippen LogP contribution in [0, 0.1) is 17.2 Å². The van der Waals surface area contributed by atoms with Crippen LogP contribution in [0.15, 0.2) is 24.3 Å². The van der Waals surface area contributed by atoms with E-state index in [0.717, 1.165) is 13.0 Å². The largest absolute Gasteiger partial charge is 0.482 e. The maximum absolute atomic E-state index is 11.7. The highest BCUT2D eigenvalue weighted by Crippen LogP contribution is 2.19. The molecule has 5 nitrogen and oxygen atoms in total. The number of carbonyl (C=O) groups is 1. The topological polar surface area (TPSA) is 71.3 Å². The summed E-state index contributed by atoms with van der Waals surface area (Å²) in [6.07, 6.45) is 1.16. The second-order valence-electron chi connectivity index (χ2n) is 4.83. The smallest absolute Gasteiger partial charge is 0.257 e. The third-order valence-corrected chi connectivity index (χ3v) is 3.46. The van der Waals surface area contributed by atoms with E-state index in [1.165, 1.54) is 0 Å². The molecule has 20 heavy (non-hydrogen) atoms. The molecule has 0 bridgehead atoms. The second-order valence-corrected chi connectivity index (χ2v) is 4.83. The maximum atomic E-state index is 11.7. The number of amides is 1. The summed E-state index contributed by atoms with van der Waals surface area (Å²) in [6, 6.07) is 8.89. The SMILES string of the molecule is CC1OCCC1CNC(=O)COc1ccccc1C#N. The molecule has 1 aromatic carbocycles. The van der Waals surface area contributed by atoms with Crippen LogP contribution in [0.2, 0.25) is 0 Å². The van der Waals surface area contributed by atoms with Crippen LogP contribution in [0.1, 0.15) is 18.9 Å². The van der Waals surface area contributed by atoms with Gasteiger partial charge in [-0.2, -0.15) is 5.26 Å². The van der Waals surface area contributed by atoms with Gasteiger partial charge in [0.1, 0.15) is 11.8 Å². The second kappa shape index (κ2) is 6.92. The highest BCUT2D eigenvalue weighted by molar-refractivity contribution is 5.77. The molecule has 1 N–H and O–H groups in total. The summed E-state index contributed by atoms with van der Waals surface area (Å²) in [5.74, 6) is 0.616. The zero-order valence-corrected chi connectivity index (χ0v) is 11.5. The van der Waals surface area contributed by atoms with E-state index < -0.39 is 0 Å². The van der Waals surface area contributed by atoms with Gasteiger partial charge in [0.05, 0.1) is 11.7 Å². The third-order valence-electron chi connectivity index (χ3n) is 3.46. The molecule has 0 radical (unpaired) electrons. The predicted octanol–water partition coefficient (Wildman–Crippen LogP) is 1.48. The molecule has 2 rings (SSSR count). The fourth-order valence-corrected chi connectivity index (χ4v) is 2.17. The van der Waals surface area contributed by atoms with Crippen molar-refractivity contribution in [1.29, 1.82) is 5.26 Å². The van der Waals surface area contributed by atoms with Gasteiger partial charge in [-0.3, -0.25) is 4.79 Å². The number of hydrogen-bond donors (Lipinski definition) is 1. The first kappa shape index (κ1) is 14.4. The third kappa shape index (κ3) is 3.72. The molecule has 106 valence electrons. The van der Waals surface area contributed by atoms with Crippen molar-refractivity contribution in [3.05, 3.63) is 29.8 Å². The van der Waals surface area contributed by atoms with Crippen molar-refractivity contribution in [2.24, 2.45) is 5.92 Å². The average molecular weight is 274 g/mol. The monoisotopic (exact) mass is 274 g/mol. The molecule has 2 unspecified atom stereocenters. The Bertz CT molecular complexity index is 510. The van der Waals surface area contributed by atoms with Crippen LogP contribution in [0.3, 0.4) is 0 Å². The maximum Gasteiger partial charge on any atom is 0.257 e. The fraction of sp³-hybridized carbons (Fsp3) is 0.467. The van der Waals surface area contributed by atoms with Crippen LogP contribution in [-0.4, -0.2) is 31.8 Å². The summed E-state index contributed by atoms with van der Waals surface area (Å²) in [6.45, 7) is 3.29. The predicted molar refractivity (Wildman–Crippen MR) is 73.2 cm³/mol. The van der Waals surface area contributed by atoms with E-state index in [2.05, 4.69) is 5.32 Å². The number of rotatable bonds is 5. The molecule has 1 amide bonds. The molecule has 1 heterocycles. The van der Waals surface area contributed by atoms with E-state index in [4.69, 9.17) is 14.7 Å². The lowest BCUT2D eigenvalue weighted by Gasteiger charge is -2.15. The van der Waals surface area contributed by atoms with Gasteiger partial charge in [0.15, 0.2) is 6.61 Å². The number of ether oxygens (including phenoxy) is 2. The Morgan fingerprint density at radius 3 is 3.05 bits per heavy atom. The Balaban J connectivity index is 1.76. The number of para-hydroxylation sites is 1. The molecule has 0 spiro atoms. The van der Waals surface area contributed by atoms with E-state index in [1.54, 1.807) is 24.3 Å². The molecule has 5 heteroatoms. The lowest BCUT2D eigenvalue weighted by Crippen LogP contribution is -2.35. The molecule has 2 atom stereocenters. The van der Waals surface area contributed by atoms with Gasteiger partial charge in [0.2, 0.25) is 0 Å². The summed E-state index contributed by atoms with van der Waals surface area (Å²) in [5, 5.41) is 11.8. The van der Waals surface area contributed by atoms with Gasteiger partial charge in [0.25, 0.3) is 5.91 Å². The normalized spacial score (nSPS) is 21.2. The van der Waals surface area contributed by atoms with Crippen molar-refractivity contribution in [1.82, 2.24) is 5.32 Å². The Kier molecular flexibility index (Phi) is 4.97. The van der Waals surface area contributed by atoms with Crippen molar-refractivity contribution < 1.29 is 14.3 Å². The van der Waals surface area contributed by atoms with Gasteiger partial charge in [-0.05, 0) is 25.5 Å². The molecular weight excluding hydrogens is 256 g/mol. The molecule has 0 aliphatic carbocycles. The molecule has 1 aliphatic heterocycles. The zero-order valence-electron chi connectivity index (χ0n) is 11.5. The van der Waals surface area contributed by atoms with Gasteiger partial charge in [-0.25, -0.2) is 0 Å². The van der Waals surface area contributed by atoms with Crippen LogP contribution in [0.5, 0.6) is 5.75 Å². The Hall–Kier alpha value is -2.06. The highest BCUT2D eigenvalue weighted by Gasteiger charge is 2.24. The minimum atomic E-state index is -0.183. The van der Waals surface area contributed by atoms with Crippen molar-refractivity contribution in [3.63, 3.8) is 0 Å². The Morgan fingerprint density at radius 2 is 2.35 bits per heavy atom. The van der Waals surface area contributed by atoms with Gasteiger partial charge in [-0.15, -0.1) is 0 Å². The van der Waals surface area contributed by atoms with Crippen LogP contribution < -0.4 is 10.1 Å². The summed E-state index contributed by atoms with van der Waals surface area (Å²) in [4.78, 5) is 11.7. The minimum Gasteiger partial charge on any atom is -0.482 e. The van der Waals surface area contributed by atoms with Crippen LogP contribution >= 0.6 is 0 Å². The first-order valence-corrected chi connectivity index (χ1v) is 6.71. The minimum absolute atomic E-state index is 0.0827. The molecule has 0 aromatic heterocycles. The number of hydrogen-bond acceptors (Lipinski definition) is 4. The van der Waals surface area contributed by atoms with Crippen LogP contribution in [0.4, 0.5) is 0 Å². The van der Waals surface area contributed by atoms with E-state index in [1.807, 2.05) is 13.0 Å². The molecular formula is C15H18N2O3. The molecule has 0 saturated carbocycles. The quantitative estimate of drug-likeness (QED) is 0.882. The molecule has 1 saturated heterocycles. The van der Waals surface area contributed by atoms with Crippen molar-refractivity contribution in [3.8, 4) is 11.8 Å². The number of benzene rings is 1. The van der Waals surface area contributed by atoms with E-state index in [-0.39, 0.29) is 18.6 Å². The van der Waals surface area contributed by atoms with Crippen LogP contribution in [0.25, 0.3) is 0 Å². The first-order chi connectivity index (χ1) is 9.70. The number of nitrogens with one attached hydrogen (secondary N) is 1. The number of nitrogens with zero attached hydrogens (tertiary/aromatic N) is 1. The van der Waals surface area contributed by atoms with Gasteiger partial charge >= 0.3 is 0 Å². The van der Waals surface area contributed by atoms with Gasteiger partial charge in [-0.1, -0.05) is 12.1 Å². The van der Waals surface area contributed by atoms with Gasteiger partial charge < -0.3 is 14.8 Å². The summed E-state index contributed by atoms with van der Waals surface area (Å²) in [7, 11) is 0. The standard InChI is InChI=1S/C15H18N2O3/c1-11-13(6-7-19-11)9-17-15(18)10-20-14-5-3-2-4-12(14)8-16/h2-5,11,13H,6-7,9-10H2,1H3,(H,17,18). The van der Waals surface area contributed by atoms with Gasteiger partial charge in [0, 0.05) is 19.1 Å². The summed E-state index contributed by atoms with van der Waals surface area (Å²) < 4.78 is 10.8. The van der Waals surface area contributed by atoms with Crippen molar-refractivity contribution >= 4 is 5.91 Å². The highest BCUT2D eigenvalue weighted by atomic mass is 16.5. The number of carbonyl (C=O) groups excluding carboxylic acids is 1. The van der Waals surface area contributed by atoms with Crippen LogP contribution in [-0.2, 0) is 9.53 Å². The summed E-state index contributed by atoms with van der Waals surface area (Å²) >= 11 is 0. The average Bonchev–Trinajstić information content (AvgIpc) is 2.88. The van der Waals surface area contributed by atoms with Crippen molar-refractivity contribution in [2.45, 2.75) is 19.4 Å². The van der Waals surface area contributed by atoms with E-state index >= 15 is 0 Å². The molecule has 1 aliphatic rings. The van der Waals surface area contributed by atoms with E-state index in [9.17, 15) is 4.79 Å². The fourth-order valence-electron chi connectivity index (χ4n) is 2.17. The Morgan fingerprint density at radius 1 is 1.55 bits per heavy atom. The van der Waals surface area contributed by atoms with E-state index in [0.29, 0.717) is 23.8 Å². The zero-order chi connectivity index (χ0) is 14.4. The number of nitriles is 1.